The number of carbonyl (C=O) groups excluding carboxylic acids is 1. The van der Waals surface area contributed by atoms with Crippen LogP contribution in [0.3, 0.4) is 0 Å². The van der Waals surface area contributed by atoms with E-state index in [2.05, 4.69) is 15.5 Å². The van der Waals surface area contributed by atoms with E-state index in [1.807, 2.05) is 42.5 Å². The highest BCUT2D eigenvalue weighted by Crippen LogP contribution is 2.22. The number of halogens is 1. The molecule has 1 saturated heterocycles. The molecule has 7 nitrogen and oxygen atoms in total. The van der Waals surface area contributed by atoms with Crippen molar-refractivity contribution >= 4 is 46.6 Å². The van der Waals surface area contributed by atoms with Crippen LogP contribution in [0.2, 0.25) is 5.02 Å². The third-order valence-electron chi connectivity index (χ3n) is 3.70. The molecule has 0 saturated carbocycles. The fourth-order valence-corrected chi connectivity index (χ4v) is 3.46. The van der Waals surface area contributed by atoms with Gasteiger partial charge >= 0.3 is 5.97 Å². The summed E-state index contributed by atoms with van der Waals surface area (Å²) in [6, 6.07) is 14.7. The first-order valence-electron chi connectivity index (χ1n) is 8.28. The van der Waals surface area contributed by atoms with E-state index in [-0.39, 0.29) is 17.5 Å². The third kappa shape index (κ3) is 5.58. The lowest BCUT2D eigenvalue weighted by Crippen LogP contribution is -2.26. The Labute approximate surface area is 170 Å². The highest BCUT2D eigenvalue weighted by Gasteiger charge is 2.32. The first-order chi connectivity index (χ1) is 13.5. The van der Waals surface area contributed by atoms with Crippen molar-refractivity contribution < 1.29 is 19.4 Å². The maximum Gasteiger partial charge on any atom is 0.305 e. The van der Waals surface area contributed by atoms with E-state index in [1.54, 1.807) is 6.07 Å². The highest BCUT2D eigenvalue weighted by molar-refractivity contribution is 8.15. The number of aliphatic carboxylic acids is 1. The van der Waals surface area contributed by atoms with Gasteiger partial charge in [-0.25, -0.2) is 0 Å². The Kier molecular flexibility index (Phi) is 6.67. The van der Waals surface area contributed by atoms with Crippen LogP contribution in [0, 0.1) is 0 Å². The molecule has 0 aliphatic carbocycles. The number of amides is 1. The summed E-state index contributed by atoms with van der Waals surface area (Å²) in [7, 11) is 0. The van der Waals surface area contributed by atoms with E-state index >= 15 is 0 Å². The van der Waals surface area contributed by atoms with Gasteiger partial charge in [0.05, 0.1) is 12.6 Å². The average Bonchev–Trinajstić information content (AvgIpc) is 3.00. The number of ether oxygens (including phenoxy) is 1. The van der Waals surface area contributed by atoms with Crippen LogP contribution < -0.4 is 10.1 Å². The van der Waals surface area contributed by atoms with E-state index in [0.29, 0.717) is 17.4 Å². The summed E-state index contributed by atoms with van der Waals surface area (Å²) < 4.78 is 5.76. The molecular weight excluding hydrogens is 402 g/mol. The molecule has 1 fully saturated rings. The number of amidine groups is 1. The van der Waals surface area contributed by atoms with Crippen LogP contribution in [0.25, 0.3) is 0 Å². The number of thioether (sulfide) groups is 1. The van der Waals surface area contributed by atoms with Crippen LogP contribution >= 0.6 is 23.4 Å². The van der Waals surface area contributed by atoms with Crippen LogP contribution in [-0.4, -0.2) is 33.6 Å². The standard InChI is InChI=1S/C19H16ClN3O4S/c20-15-7-2-1-5-13(15)11-27-14-6-3-4-12(8-14)10-21-23-19-22-18(26)16(28-19)9-17(24)25/h1-8,10,16H,9,11H2,(H,24,25)(H,22,23,26)/b21-10+. The molecule has 2 aromatic carbocycles. The van der Waals surface area contributed by atoms with Gasteiger partial charge in [-0.05, 0) is 23.8 Å². The molecule has 144 valence electrons. The van der Waals surface area contributed by atoms with Crippen molar-refractivity contribution in [2.24, 2.45) is 10.2 Å². The molecule has 1 unspecified atom stereocenters. The molecular formula is C19H16ClN3O4S. The van der Waals surface area contributed by atoms with Crippen molar-refractivity contribution in [2.45, 2.75) is 18.3 Å². The minimum atomic E-state index is -1.04. The lowest BCUT2D eigenvalue weighted by molar-refractivity contribution is -0.138. The molecule has 9 heteroatoms. The zero-order valence-corrected chi connectivity index (χ0v) is 16.1. The SMILES string of the molecule is O=C(O)CC1S/C(=N/N=C/c2cccc(OCc3ccccc3Cl)c2)NC1=O. The smallest absolute Gasteiger partial charge is 0.305 e. The van der Waals surface area contributed by atoms with Gasteiger partial charge in [0, 0.05) is 10.6 Å². The van der Waals surface area contributed by atoms with Gasteiger partial charge in [0.15, 0.2) is 5.17 Å². The molecule has 1 amide bonds. The summed E-state index contributed by atoms with van der Waals surface area (Å²) in [6.45, 7) is 0.343. The van der Waals surface area contributed by atoms with E-state index in [4.69, 9.17) is 21.4 Å². The van der Waals surface area contributed by atoms with Gasteiger partial charge in [-0.3, -0.25) is 9.59 Å². The van der Waals surface area contributed by atoms with E-state index in [9.17, 15) is 9.59 Å². The van der Waals surface area contributed by atoms with Crippen LogP contribution in [0.1, 0.15) is 17.5 Å². The fourth-order valence-electron chi connectivity index (χ4n) is 2.35. The Hall–Kier alpha value is -2.84. The van der Waals surface area contributed by atoms with Gasteiger partial charge in [-0.2, -0.15) is 5.10 Å². The number of hydrogen-bond donors (Lipinski definition) is 2. The number of nitrogens with one attached hydrogen (secondary N) is 1. The molecule has 1 atom stereocenters. The Balaban J connectivity index is 1.59. The molecule has 2 aromatic rings. The lowest BCUT2D eigenvalue weighted by Gasteiger charge is -2.08. The Bertz CT molecular complexity index is 948. The molecule has 1 aliphatic heterocycles. The number of nitrogens with zero attached hydrogens (tertiary/aromatic N) is 2. The minimum absolute atomic E-state index is 0.260. The van der Waals surface area contributed by atoms with Crippen LogP contribution in [0.4, 0.5) is 0 Å². The molecule has 2 N–H and O–H groups in total. The average molecular weight is 418 g/mol. The van der Waals surface area contributed by atoms with Crippen LogP contribution in [0.15, 0.2) is 58.7 Å². The van der Waals surface area contributed by atoms with Gasteiger partial charge in [-0.15, -0.1) is 5.10 Å². The second-order valence-corrected chi connectivity index (χ2v) is 7.39. The molecule has 0 radical (unpaired) electrons. The van der Waals surface area contributed by atoms with Crippen LogP contribution in [-0.2, 0) is 16.2 Å². The normalized spacial score (nSPS) is 17.8. The van der Waals surface area contributed by atoms with Gasteiger partial charge in [0.2, 0.25) is 5.91 Å². The maximum atomic E-state index is 11.7. The number of carboxylic acid groups (broad SMARTS) is 1. The first kappa shape index (κ1) is 19.9. The van der Waals surface area contributed by atoms with Crippen molar-refractivity contribution in [3.8, 4) is 5.75 Å². The summed E-state index contributed by atoms with van der Waals surface area (Å²) in [5, 5.41) is 19.4. The van der Waals surface area contributed by atoms with Crippen molar-refractivity contribution in [1.82, 2.24) is 5.32 Å². The Morgan fingerprint density at radius 1 is 1.29 bits per heavy atom. The first-order valence-corrected chi connectivity index (χ1v) is 9.53. The van der Waals surface area contributed by atoms with Crippen molar-refractivity contribution in [2.75, 3.05) is 0 Å². The number of hydrogen-bond acceptors (Lipinski definition) is 6. The number of benzene rings is 2. The van der Waals surface area contributed by atoms with Crippen molar-refractivity contribution in [3.05, 3.63) is 64.7 Å². The molecule has 0 spiro atoms. The van der Waals surface area contributed by atoms with Gasteiger partial charge in [0.1, 0.15) is 17.6 Å². The fraction of sp³-hybridized carbons (Fsp3) is 0.158. The second kappa shape index (κ2) is 9.38. The van der Waals surface area contributed by atoms with Crippen molar-refractivity contribution in [1.29, 1.82) is 0 Å². The number of carboxylic acids is 1. The van der Waals surface area contributed by atoms with Crippen molar-refractivity contribution in [3.63, 3.8) is 0 Å². The molecule has 1 aliphatic rings. The minimum Gasteiger partial charge on any atom is -0.489 e. The largest absolute Gasteiger partial charge is 0.489 e. The number of carbonyl (C=O) groups is 2. The van der Waals surface area contributed by atoms with E-state index in [0.717, 1.165) is 22.9 Å². The zero-order valence-electron chi connectivity index (χ0n) is 14.5. The third-order valence-corrected chi connectivity index (χ3v) is 5.14. The number of rotatable bonds is 7. The van der Waals surface area contributed by atoms with E-state index < -0.39 is 11.2 Å². The quantitative estimate of drug-likeness (QED) is 0.531. The zero-order chi connectivity index (χ0) is 19.9. The molecule has 28 heavy (non-hydrogen) atoms. The molecule has 0 bridgehead atoms. The topological polar surface area (TPSA) is 100 Å². The Morgan fingerprint density at radius 3 is 2.89 bits per heavy atom. The summed E-state index contributed by atoms with van der Waals surface area (Å²) in [4.78, 5) is 22.4. The molecule has 0 aromatic heterocycles. The lowest BCUT2D eigenvalue weighted by atomic mass is 10.2. The van der Waals surface area contributed by atoms with Gasteiger partial charge in [0.25, 0.3) is 0 Å². The molecule has 3 rings (SSSR count). The summed E-state index contributed by atoms with van der Waals surface area (Å²) in [6.07, 6.45) is 1.26. The summed E-state index contributed by atoms with van der Waals surface area (Å²) in [5.41, 5.74) is 1.65. The predicted octanol–water partition coefficient (Wildman–Crippen LogP) is 3.32. The van der Waals surface area contributed by atoms with Crippen LogP contribution in [0.5, 0.6) is 5.75 Å². The van der Waals surface area contributed by atoms with Gasteiger partial charge in [-0.1, -0.05) is 53.7 Å². The second-order valence-electron chi connectivity index (χ2n) is 5.80. The maximum absolute atomic E-state index is 11.7. The summed E-state index contributed by atoms with van der Waals surface area (Å²) >= 11 is 7.17. The Morgan fingerprint density at radius 2 is 2.11 bits per heavy atom. The van der Waals surface area contributed by atoms with Gasteiger partial charge < -0.3 is 15.2 Å². The summed E-state index contributed by atoms with van der Waals surface area (Å²) in [5.74, 6) is -0.760. The predicted molar refractivity (Wildman–Crippen MR) is 109 cm³/mol. The highest BCUT2D eigenvalue weighted by atomic mass is 35.5. The molecule has 1 heterocycles. The monoisotopic (exact) mass is 417 g/mol. The van der Waals surface area contributed by atoms with E-state index in [1.165, 1.54) is 6.21 Å².